The smallest absolute Gasteiger partial charge is 0.223 e. The van der Waals surface area contributed by atoms with E-state index in [1.54, 1.807) is 6.20 Å². The van der Waals surface area contributed by atoms with Crippen LogP contribution >= 0.6 is 0 Å². The first-order valence-corrected chi connectivity index (χ1v) is 6.73. The lowest BCUT2D eigenvalue weighted by atomic mass is 10.1. The highest BCUT2D eigenvalue weighted by atomic mass is 16.5. The molecule has 1 atom stereocenters. The molecule has 1 N–H and O–H groups in total. The second-order valence-electron chi connectivity index (χ2n) is 4.69. The number of pyridine rings is 1. The van der Waals surface area contributed by atoms with Gasteiger partial charge in [-0.05, 0) is 25.6 Å². The Kier molecular flexibility index (Phi) is 5.30. The number of ether oxygens (including phenoxy) is 1. The summed E-state index contributed by atoms with van der Waals surface area (Å²) < 4.78 is 5.43. The lowest BCUT2D eigenvalue weighted by Gasteiger charge is -2.35. The summed E-state index contributed by atoms with van der Waals surface area (Å²) in [5.41, 5.74) is 0.967. The monoisotopic (exact) mass is 263 g/mol. The molecule has 5 heteroatoms. The van der Waals surface area contributed by atoms with Gasteiger partial charge in [-0.1, -0.05) is 6.07 Å². The molecule has 1 aliphatic heterocycles. The van der Waals surface area contributed by atoms with Crippen LogP contribution in [0.25, 0.3) is 0 Å². The molecule has 0 aromatic carbocycles. The first kappa shape index (κ1) is 14.0. The molecule has 1 aromatic heterocycles. The number of hydrogen-bond acceptors (Lipinski definition) is 4. The van der Waals surface area contributed by atoms with E-state index < -0.39 is 0 Å². The second-order valence-corrected chi connectivity index (χ2v) is 4.69. The summed E-state index contributed by atoms with van der Waals surface area (Å²) in [6.07, 6.45) is 2.97. The predicted octanol–water partition coefficient (Wildman–Crippen LogP) is 0.461. The third kappa shape index (κ3) is 4.01. The summed E-state index contributed by atoms with van der Waals surface area (Å²) in [6.45, 7) is 2.72. The third-order valence-electron chi connectivity index (χ3n) is 3.31. The third-order valence-corrected chi connectivity index (χ3v) is 3.31. The van der Waals surface area contributed by atoms with Gasteiger partial charge >= 0.3 is 0 Å². The van der Waals surface area contributed by atoms with Crippen molar-refractivity contribution in [1.82, 2.24) is 15.2 Å². The Balaban J connectivity index is 1.87. The van der Waals surface area contributed by atoms with Gasteiger partial charge in [0.2, 0.25) is 5.91 Å². The minimum Gasteiger partial charge on any atom is -0.377 e. The van der Waals surface area contributed by atoms with Crippen LogP contribution in [0.15, 0.2) is 24.4 Å². The zero-order valence-electron chi connectivity index (χ0n) is 11.3. The van der Waals surface area contributed by atoms with Crippen molar-refractivity contribution in [3.05, 3.63) is 30.1 Å². The Morgan fingerprint density at radius 2 is 2.47 bits per heavy atom. The number of nitrogens with one attached hydrogen (secondary N) is 1. The molecule has 1 unspecified atom stereocenters. The molecule has 0 saturated carbocycles. The van der Waals surface area contributed by atoms with Gasteiger partial charge in [-0.3, -0.25) is 9.78 Å². The van der Waals surface area contributed by atoms with E-state index in [-0.39, 0.29) is 11.9 Å². The van der Waals surface area contributed by atoms with Crippen molar-refractivity contribution >= 4 is 5.91 Å². The van der Waals surface area contributed by atoms with Crippen LogP contribution in [-0.2, 0) is 16.0 Å². The van der Waals surface area contributed by atoms with Crippen LogP contribution < -0.4 is 5.32 Å². The summed E-state index contributed by atoms with van der Waals surface area (Å²) in [5, 5.41) is 3.11. The minimum absolute atomic E-state index is 0.148. The van der Waals surface area contributed by atoms with Crippen LogP contribution in [0.5, 0.6) is 0 Å². The second kappa shape index (κ2) is 7.21. The molecule has 104 valence electrons. The zero-order valence-corrected chi connectivity index (χ0v) is 11.3. The number of nitrogens with zero attached hydrogens (tertiary/aromatic N) is 2. The van der Waals surface area contributed by atoms with Gasteiger partial charge in [0.05, 0.1) is 19.3 Å². The molecule has 5 nitrogen and oxygen atoms in total. The molecular weight excluding hydrogens is 242 g/mol. The van der Waals surface area contributed by atoms with Crippen molar-refractivity contribution < 1.29 is 9.53 Å². The maximum absolute atomic E-state index is 12.3. The van der Waals surface area contributed by atoms with Crippen molar-refractivity contribution in [1.29, 1.82) is 0 Å². The van der Waals surface area contributed by atoms with Crippen LogP contribution in [0.3, 0.4) is 0 Å². The molecule has 1 saturated heterocycles. The molecule has 0 bridgehead atoms. The van der Waals surface area contributed by atoms with Crippen molar-refractivity contribution in [3.63, 3.8) is 0 Å². The van der Waals surface area contributed by atoms with E-state index in [4.69, 9.17) is 4.74 Å². The van der Waals surface area contributed by atoms with Gasteiger partial charge in [0.25, 0.3) is 0 Å². The van der Waals surface area contributed by atoms with Gasteiger partial charge in [-0.2, -0.15) is 0 Å². The average Bonchev–Trinajstić information content (AvgIpc) is 2.47. The Labute approximate surface area is 114 Å². The fourth-order valence-electron chi connectivity index (χ4n) is 2.31. The molecule has 2 rings (SSSR count). The van der Waals surface area contributed by atoms with Gasteiger partial charge in [0.15, 0.2) is 0 Å². The standard InChI is InChI=1S/C14H21N3O2/c1-15-10-13-11-19-9-8-17(13)14(18)6-5-12-4-2-3-7-16-12/h2-4,7,13,15H,5-6,8-11H2,1H3. The first-order valence-electron chi connectivity index (χ1n) is 6.73. The lowest BCUT2D eigenvalue weighted by Crippen LogP contribution is -2.52. The van der Waals surface area contributed by atoms with Crippen molar-refractivity contribution in [2.75, 3.05) is 33.4 Å². The minimum atomic E-state index is 0.148. The van der Waals surface area contributed by atoms with Crippen LogP contribution in [0.2, 0.25) is 0 Å². The highest BCUT2D eigenvalue weighted by Crippen LogP contribution is 2.10. The quantitative estimate of drug-likeness (QED) is 0.838. The van der Waals surface area contributed by atoms with Crippen LogP contribution in [-0.4, -0.2) is 55.2 Å². The maximum Gasteiger partial charge on any atom is 0.223 e. The van der Waals surface area contributed by atoms with E-state index in [2.05, 4.69) is 10.3 Å². The highest BCUT2D eigenvalue weighted by molar-refractivity contribution is 5.76. The summed E-state index contributed by atoms with van der Waals surface area (Å²) in [5.74, 6) is 0.189. The summed E-state index contributed by atoms with van der Waals surface area (Å²) >= 11 is 0. The molecule has 0 spiro atoms. The van der Waals surface area contributed by atoms with Gasteiger partial charge in [0.1, 0.15) is 0 Å². The summed E-state index contributed by atoms with van der Waals surface area (Å²) in [6, 6.07) is 5.94. The van der Waals surface area contributed by atoms with Gasteiger partial charge in [0, 0.05) is 31.4 Å². The van der Waals surface area contributed by atoms with E-state index in [0.29, 0.717) is 32.6 Å². The summed E-state index contributed by atoms with van der Waals surface area (Å²) in [7, 11) is 1.89. The Morgan fingerprint density at radius 1 is 1.58 bits per heavy atom. The number of hydrogen-bond donors (Lipinski definition) is 1. The predicted molar refractivity (Wildman–Crippen MR) is 72.8 cm³/mol. The largest absolute Gasteiger partial charge is 0.377 e. The van der Waals surface area contributed by atoms with Crippen molar-refractivity contribution in [3.8, 4) is 0 Å². The molecule has 1 aliphatic rings. The van der Waals surface area contributed by atoms with E-state index in [1.165, 1.54) is 0 Å². The van der Waals surface area contributed by atoms with Crippen LogP contribution in [0.1, 0.15) is 12.1 Å². The molecule has 2 heterocycles. The van der Waals surface area contributed by atoms with E-state index >= 15 is 0 Å². The maximum atomic E-state index is 12.3. The fourth-order valence-corrected chi connectivity index (χ4v) is 2.31. The normalized spacial score (nSPS) is 19.4. The number of amides is 1. The van der Waals surface area contributed by atoms with E-state index in [1.807, 2.05) is 30.1 Å². The van der Waals surface area contributed by atoms with Gasteiger partial charge in [-0.25, -0.2) is 0 Å². The van der Waals surface area contributed by atoms with E-state index in [9.17, 15) is 4.79 Å². The zero-order chi connectivity index (χ0) is 13.5. The number of morpholine rings is 1. The molecule has 19 heavy (non-hydrogen) atoms. The topological polar surface area (TPSA) is 54.5 Å². The van der Waals surface area contributed by atoms with Crippen LogP contribution in [0, 0.1) is 0 Å². The fraction of sp³-hybridized carbons (Fsp3) is 0.571. The van der Waals surface area contributed by atoms with Crippen molar-refractivity contribution in [2.24, 2.45) is 0 Å². The molecule has 1 aromatic rings. The van der Waals surface area contributed by atoms with E-state index in [0.717, 1.165) is 12.2 Å². The van der Waals surface area contributed by atoms with Crippen molar-refractivity contribution in [2.45, 2.75) is 18.9 Å². The summed E-state index contributed by atoms with van der Waals surface area (Å²) in [4.78, 5) is 18.4. The number of aryl methyl sites for hydroxylation is 1. The Morgan fingerprint density at radius 3 is 3.21 bits per heavy atom. The molecule has 1 amide bonds. The number of likely N-dealkylation sites (N-methyl/N-ethyl adjacent to an activating group) is 1. The molecule has 1 fully saturated rings. The molecule has 0 aliphatic carbocycles. The molecular formula is C14H21N3O2. The van der Waals surface area contributed by atoms with Crippen LogP contribution in [0.4, 0.5) is 0 Å². The van der Waals surface area contributed by atoms with Gasteiger partial charge < -0.3 is 15.0 Å². The molecule has 0 radical (unpaired) electrons. The Hall–Kier alpha value is -1.46. The average molecular weight is 263 g/mol. The first-order chi connectivity index (χ1) is 9.31. The number of aromatic nitrogens is 1. The SMILES string of the molecule is CNCC1COCCN1C(=O)CCc1ccccn1. The van der Waals surface area contributed by atoms with Gasteiger partial charge in [-0.15, -0.1) is 0 Å². The number of carbonyl (C=O) groups excluding carboxylic acids is 1. The number of carbonyl (C=O) groups is 1. The lowest BCUT2D eigenvalue weighted by molar-refractivity contribution is -0.139. The highest BCUT2D eigenvalue weighted by Gasteiger charge is 2.26. The Bertz CT molecular complexity index is 395. The number of rotatable bonds is 5.